The molecule has 126 valence electrons. The summed E-state index contributed by atoms with van der Waals surface area (Å²) < 4.78 is 6.51. The first-order valence-electron chi connectivity index (χ1n) is 7.76. The molecule has 0 amide bonds. The van der Waals surface area contributed by atoms with Gasteiger partial charge in [0.2, 0.25) is 0 Å². The van der Waals surface area contributed by atoms with Crippen LogP contribution in [0.25, 0.3) is 0 Å². The first-order chi connectivity index (χ1) is 11.6. The minimum atomic E-state index is -0.928. The highest BCUT2D eigenvalue weighted by molar-refractivity contribution is 5.87. The van der Waals surface area contributed by atoms with Crippen LogP contribution in [0.1, 0.15) is 47.4 Å². The molecule has 1 unspecified atom stereocenters. The van der Waals surface area contributed by atoms with E-state index in [1.54, 1.807) is 6.92 Å². The Balaban J connectivity index is 2.10. The van der Waals surface area contributed by atoms with Crippen molar-refractivity contribution in [2.75, 3.05) is 6.61 Å². The topological polar surface area (TPSA) is 96.5 Å². The molecule has 0 saturated heterocycles. The van der Waals surface area contributed by atoms with Crippen LogP contribution in [0.15, 0.2) is 30.5 Å². The standard InChI is InChI=1S/C16H17N3O5/c1-2-23-15(20)14-10-17-16(24-19(21)22)18(14)13-9-5-7-11-6-3-4-8-12(11)13/h3-4,6,8,10,13H,2,5,7,9H2,1H3. The van der Waals surface area contributed by atoms with E-state index < -0.39 is 11.1 Å². The van der Waals surface area contributed by atoms with Crippen LogP contribution in [0, 0.1) is 10.1 Å². The van der Waals surface area contributed by atoms with Crippen molar-refractivity contribution in [3.8, 4) is 6.01 Å². The summed E-state index contributed by atoms with van der Waals surface area (Å²) in [4.78, 5) is 31.5. The zero-order valence-corrected chi connectivity index (χ0v) is 13.2. The number of aromatic nitrogens is 2. The molecule has 0 radical (unpaired) electrons. The molecule has 1 aromatic carbocycles. The Kier molecular flexibility index (Phi) is 4.45. The van der Waals surface area contributed by atoms with Crippen LogP contribution < -0.4 is 4.84 Å². The third-order valence-corrected chi connectivity index (χ3v) is 4.05. The molecule has 1 heterocycles. The summed E-state index contributed by atoms with van der Waals surface area (Å²) in [5.41, 5.74) is 2.32. The molecule has 0 N–H and O–H groups in total. The lowest BCUT2D eigenvalue weighted by Crippen LogP contribution is -2.23. The van der Waals surface area contributed by atoms with Gasteiger partial charge in [0.15, 0.2) is 0 Å². The van der Waals surface area contributed by atoms with E-state index in [9.17, 15) is 14.9 Å². The van der Waals surface area contributed by atoms with Gasteiger partial charge in [-0.15, -0.1) is 10.1 Å². The van der Waals surface area contributed by atoms with Gasteiger partial charge in [0.1, 0.15) is 5.69 Å². The van der Waals surface area contributed by atoms with Gasteiger partial charge in [0.25, 0.3) is 6.01 Å². The molecular formula is C16H17N3O5. The van der Waals surface area contributed by atoms with Crippen LogP contribution in [0.4, 0.5) is 0 Å². The average Bonchev–Trinajstić information content (AvgIpc) is 2.97. The SMILES string of the molecule is CCOC(=O)c1cnc(O[N+](=O)[O-])n1C1CCCc2ccccc21. The number of ether oxygens (including phenoxy) is 1. The van der Waals surface area contributed by atoms with Gasteiger partial charge in [-0.3, -0.25) is 4.57 Å². The molecule has 1 aliphatic carbocycles. The summed E-state index contributed by atoms with van der Waals surface area (Å²) in [5, 5.41) is 9.84. The zero-order chi connectivity index (χ0) is 17.1. The Labute approximate surface area is 138 Å². The molecule has 0 aliphatic heterocycles. The summed E-state index contributed by atoms with van der Waals surface area (Å²) in [5.74, 6) is -0.578. The van der Waals surface area contributed by atoms with Gasteiger partial charge in [-0.1, -0.05) is 24.3 Å². The third kappa shape index (κ3) is 2.94. The number of carbonyl (C=O) groups excluding carboxylic acids is 1. The highest BCUT2D eigenvalue weighted by Gasteiger charge is 2.29. The van der Waals surface area contributed by atoms with Gasteiger partial charge in [0.05, 0.1) is 18.8 Å². The van der Waals surface area contributed by atoms with E-state index in [1.807, 2.05) is 24.3 Å². The van der Waals surface area contributed by atoms with E-state index in [0.29, 0.717) is 0 Å². The number of rotatable bonds is 5. The van der Waals surface area contributed by atoms with Crippen molar-refractivity contribution in [2.24, 2.45) is 0 Å². The van der Waals surface area contributed by atoms with E-state index in [2.05, 4.69) is 9.82 Å². The number of fused-ring (bicyclic) bond motifs is 1. The number of hydrogen-bond donors (Lipinski definition) is 0. The molecular weight excluding hydrogens is 314 g/mol. The number of benzene rings is 1. The Morgan fingerprint density at radius 2 is 2.25 bits per heavy atom. The molecule has 0 bridgehead atoms. The maximum absolute atomic E-state index is 12.2. The molecule has 1 atom stereocenters. The van der Waals surface area contributed by atoms with Crippen molar-refractivity contribution in [1.29, 1.82) is 0 Å². The summed E-state index contributed by atoms with van der Waals surface area (Å²) in [6.45, 7) is 1.90. The first kappa shape index (κ1) is 16.0. The van der Waals surface area contributed by atoms with Crippen LogP contribution in [-0.4, -0.2) is 27.2 Å². The van der Waals surface area contributed by atoms with Crippen molar-refractivity contribution >= 4 is 5.97 Å². The minimum absolute atomic E-state index is 0.149. The van der Waals surface area contributed by atoms with Gasteiger partial charge >= 0.3 is 11.1 Å². The lowest BCUT2D eigenvalue weighted by atomic mass is 9.87. The summed E-state index contributed by atoms with van der Waals surface area (Å²) in [7, 11) is 0. The predicted octanol–water partition coefficient (Wildman–Crippen LogP) is 2.56. The number of imidazole rings is 1. The maximum Gasteiger partial charge on any atom is 0.356 e. The molecule has 0 saturated carbocycles. The normalized spacial score (nSPS) is 16.3. The van der Waals surface area contributed by atoms with Crippen LogP contribution in [-0.2, 0) is 11.2 Å². The molecule has 8 nitrogen and oxygen atoms in total. The first-order valence-corrected chi connectivity index (χ1v) is 7.76. The van der Waals surface area contributed by atoms with Crippen LogP contribution in [0.2, 0.25) is 0 Å². The fourth-order valence-corrected chi connectivity index (χ4v) is 3.13. The van der Waals surface area contributed by atoms with Gasteiger partial charge in [0, 0.05) is 0 Å². The largest absolute Gasteiger partial charge is 0.461 e. The second kappa shape index (κ2) is 6.69. The molecule has 8 heteroatoms. The summed E-state index contributed by atoms with van der Waals surface area (Å²) >= 11 is 0. The zero-order valence-electron chi connectivity index (χ0n) is 13.2. The van der Waals surface area contributed by atoms with Crippen molar-refractivity contribution in [2.45, 2.75) is 32.2 Å². The van der Waals surface area contributed by atoms with E-state index in [-0.39, 0.29) is 24.4 Å². The fraction of sp³-hybridized carbons (Fsp3) is 0.375. The molecule has 0 spiro atoms. The van der Waals surface area contributed by atoms with E-state index in [4.69, 9.17) is 4.74 Å². The Hall–Kier alpha value is -2.90. The summed E-state index contributed by atoms with van der Waals surface area (Å²) in [6.07, 6.45) is 3.82. The highest BCUT2D eigenvalue weighted by atomic mass is 17.0. The molecule has 0 fully saturated rings. The Morgan fingerprint density at radius 3 is 3.00 bits per heavy atom. The molecule has 1 aliphatic rings. The van der Waals surface area contributed by atoms with E-state index in [1.165, 1.54) is 10.8 Å². The fourth-order valence-electron chi connectivity index (χ4n) is 3.13. The number of esters is 1. The molecule has 1 aromatic heterocycles. The minimum Gasteiger partial charge on any atom is -0.461 e. The Morgan fingerprint density at radius 1 is 1.46 bits per heavy atom. The van der Waals surface area contributed by atoms with Gasteiger partial charge in [-0.25, -0.2) is 14.6 Å². The molecule has 2 aromatic rings. The molecule has 3 rings (SSSR count). The number of nitrogens with zero attached hydrogens (tertiary/aromatic N) is 3. The maximum atomic E-state index is 12.2. The smallest absolute Gasteiger partial charge is 0.356 e. The number of carbonyl (C=O) groups is 1. The monoisotopic (exact) mass is 331 g/mol. The summed E-state index contributed by atoms with van der Waals surface area (Å²) in [6, 6.07) is 7.37. The second-order valence-electron chi connectivity index (χ2n) is 5.44. The average molecular weight is 331 g/mol. The second-order valence-corrected chi connectivity index (χ2v) is 5.44. The van der Waals surface area contributed by atoms with Crippen molar-refractivity contribution in [3.05, 3.63) is 57.4 Å². The third-order valence-electron chi connectivity index (χ3n) is 4.05. The number of aryl methyl sites for hydroxylation is 1. The quantitative estimate of drug-likeness (QED) is 0.474. The van der Waals surface area contributed by atoms with Crippen LogP contribution in [0.5, 0.6) is 6.01 Å². The van der Waals surface area contributed by atoms with E-state index >= 15 is 0 Å². The lowest BCUT2D eigenvalue weighted by molar-refractivity contribution is -0.713. The van der Waals surface area contributed by atoms with Crippen molar-refractivity contribution in [1.82, 2.24) is 9.55 Å². The van der Waals surface area contributed by atoms with Gasteiger partial charge in [-0.05, 0) is 37.3 Å². The van der Waals surface area contributed by atoms with Gasteiger partial charge in [-0.2, -0.15) is 0 Å². The Bertz CT molecular complexity index is 771. The van der Waals surface area contributed by atoms with Gasteiger partial charge < -0.3 is 4.74 Å². The van der Waals surface area contributed by atoms with Crippen LogP contribution >= 0.6 is 0 Å². The van der Waals surface area contributed by atoms with E-state index in [0.717, 1.165) is 30.4 Å². The predicted molar refractivity (Wildman–Crippen MR) is 83.3 cm³/mol. The highest BCUT2D eigenvalue weighted by Crippen LogP contribution is 2.36. The van der Waals surface area contributed by atoms with Crippen molar-refractivity contribution in [3.63, 3.8) is 0 Å². The van der Waals surface area contributed by atoms with Crippen LogP contribution in [0.3, 0.4) is 0 Å². The van der Waals surface area contributed by atoms with Crippen molar-refractivity contribution < 1.29 is 19.5 Å². The molecule has 24 heavy (non-hydrogen) atoms. The lowest BCUT2D eigenvalue weighted by Gasteiger charge is -2.28. The number of hydrogen-bond acceptors (Lipinski definition) is 6.